The quantitative estimate of drug-likeness (QED) is 0.668. The molecule has 1 saturated carbocycles. The van der Waals surface area contributed by atoms with Crippen LogP contribution < -0.4 is 10.6 Å². The van der Waals surface area contributed by atoms with Crippen LogP contribution in [0.25, 0.3) is 0 Å². The number of carbonyl (C=O) groups is 2. The molecule has 0 heterocycles. The van der Waals surface area contributed by atoms with Gasteiger partial charge in [0.2, 0.25) is 11.8 Å². The summed E-state index contributed by atoms with van der Waals surface area (Å²) in [7, 11) is 0. The standard InChI is InChI=1S/C16H30N2O3/c1-11(2)16(4,21)10-17-14(19)9-12(3)18-15(20)13-7-5-6-8-13/h11-13,21H,5-10H2,1-4H3,(H,17,19)(H,18,20). The van der Waals surface area contributed by atoms with Crippen molar-refractivity contribution in [1.82, 2.24) is 10.6 Å². The second-order valence-electron chi connectivity index (χ2n) is 6.88. The Morgan fingerprint density at radius 2 is 1.81 bits per heavy atom. The van der Waals surface area contributed by atoms with Crippen LogP contribution in [0.5, 0.6) is 0 Å². The van der Waals surface area contributed by atoms with Crippen molar-refractivity contribution >= 4 is 11.8 Å². The molecule has 0 bridgehead atoms. The molecule has 0 aromatic rings. The van der Waals surface area contributed by atoms with E-state index in [1.807, 2.05) is 20.8 Å². The van der Waals surface area contributed by atoms with Crippen LogP contribution in [-0.4, -0.2) is 35.1 Å². The fraction of sp³-hybridized carbons (Fsp3) is 0.875. The number of aliphatic hydroxyl groups is 1. The second kappa shape index (κ2) is 7.78. The summed E-state index contributed by atoms with van der Waals surface area (Å²) in [6, 6.07) is -0.179. The van der Waals surface area contributed by atoms with Crippen LogP contribution in [0.4, 0.5) is 0 Å². The van der Waals surface area contributed by atoms with Crippen LogP contribution in [0.2, 0.25) is 0 Å². The van der Waals surface area contributed by atoms with Gasteiger partial charge >= 0.3 is 0 Å². The van der Waals surface area contributed by atoms with Crippen LogP contribution >= 0.6 is 0 Å². The van der Waals surface area contributed by atoms with Crippen molar-refractivity contribution < 1.29 is 14.7 Å². The molecule has 0 aromatic heterocycles. The van der Waals surface area contributed by atoms with E-state index in [-0.39, 0.29) is 42.7 Å². The predicted molar refractivity (Wildman–Crippen MR) is 82.7 cm³/mol. The Kier molecular flexibility index (Phi) is 6.65. The average molecular weight is 298 g/mol. The summed E-state index contributed by atoms with van der Waals surface area (Å²) in [6.07, 6.45) is 4.41. The zero-order valence-corrected chi connectivity index (χ0v) is 13.7. The van der Waals surface area contributed by atoms with E-state index in [0.29, 0.717) is 0 Å². The first-order valence-electron chi connectivity index (χ1n) is 8.02. The monoisotopic (exact) mass is 298 g/mol. The third-order valence-electron chi connectivity index (χ3n) is 4.49. The zero-order valence-electron chi connectivity index (χ0n) is 13.7. The Bertz CT molecular complexity index is 361. The number of rotatable bonds is 7. The van der Waals surface area contributed by atoms with Crippen LogP contribution in [0.3, 0.4) is 0 Å². The van der Waals surface area contributed by atoms with Gasteiger partial charge in [-0.1, -0.05) is 26.7 Å². The molecule has 0 radical (unpaired) electrons. The summed E-state index contributed by atoms with van der Waals surface area (Å²) in [4.78, 5) is 23.8. The maximum absolute atomic E-state index is 12.0. The lowest BCUT2D eigenvalue weighted by molar-refractivity contribution is -0.126. The molecule has 21 heavy (non-hydrogen) atoms. The van der Waals surface area contributed by atoms with Gasteiger partial charge in [0.1, 0.15) is 0 Å². The first kappa shape index (κ1) is 18.0. The van der Waals surface area contributed by atoms with E-state index >= 15 is 0 Å². The van der Waals surface area contributed by atoms with Gasteiger partial charge in [-0.2, -0.15) is 0 Å². The first-order valence-corrected chi connectivity index (χ1v) is 8.02. The van der Waals surface area contributed by atoms with E-state index in [2.05, 4.69) is 10.6 Å². The smallest absolute Gasteiger partial charge is 0.223 e. The van der Waals surface area contributed by atoms with Crippen molar-refractivity contribution in [3.8, 4) is 0 Å². The van der Waals surface area contributed by atoms with Gasteiger partial charge in [0.15, 0.2) is 0 Å². The molecule has 0 spiro atoms. The van der Waals surface area contributed by atoms with Crippen molar-refractivity contribution in [3.05, 3.63) is 0 Å². The summed E-state index contributed by atoms with van der Waals surface area (Å²) in [5.74, 6) is 0.117. The van der Waals surface area contributed by atoms with Crippen molar-refractivity contribution in [3.63, 3.8) is 0 Å². The SMILES string of the molecule is CC(CC(=O)NCC(C)(O)C(C)C)NC(=O)C1CCCC1. The minimum atomic E-state index is -0.911. The molecule has 0 saturated heterocycles. The number of nitrogens with one attached hydrogen (secondary N) is 2. The average Bonchev–Trinajstić information content (AvgIpc) is 2.90. The molecule has 1 rings (SSSR count). The molecule has 122 valence electrons. The van der Waals surface area contributed by atoms with Gasteiger partial charge in [0.05, 0.1) is 5.60 Å². The van der Waals surface area contributed by atoms with Gasteiger partial charge in [-0.3, -0.25) is 9.59 Å². The Balaban J connectivity index is 2.28. The number of carbonyl (C=O) groups excluding carboxylic acids is 2. The van der Waals surface area contributed by atoms with Crippen LogP contribution in [0, 0.1) is 11.8 Å². The highest BCUT2D eigenvalue weighted by Crippen LogP contribution is 2.24. The molecule has 1 aliphatic rings. The highest BCUT2D eigenvalue weighted by atomic mass is 16.3. The molecular weight excluding hydrogens is 268 g/mol. The van der Waals surface area contributed by atoms with E-state index in [0.717, 1.165) is 25.7 Å². The Hall–Kier alpha value is -1.10. The van der Waals surface area contributed by atoms with Crippen molar-refractivity contribution in [2.45, 2.75) is 71.4 Å². The minimum Gasteiger partial charge on any atom is -0.388 e. The summed E-state index contributed by atoms with van der Waals surface area (Å²) in [6.45, 7) is 7.61. The Morgan fingerprint density at radius 3 is 2.33 bits per heavy atom. The molecule has 0 aliphatic heterocycles. The van der Waals surface area contributed by atoms with E-state index in [4.69, 9.17) is 0 Å². The van der Waals surface area contributed by atoms with E-state index in [1.165, 1.54) is 0 Å². The topological polar surface area (TPSA) is 78.4 Å². The number of hydrogen-bond acceptors (Lipinski definition) is 3. The third kappa shape index (κ3) is 6.04. The number of hydrogen-bond donors (Lipinski definition) is 3. The third-order valence-corrected chi connectivity index (χ3v) is 4.49. The van der Waals surface area contributed by atoms with Crippen LogP contribution in [0.15, 0.2) is 0 Å². The van der Waals surface area contributed by atoms with Gasteiger partial charge < -0.3 is 15.7 Å². The lowest BCUT2D eigenvalue weighted by Gasteiger charge is -2.28. The van der Waals surface area contributed by atoms with E-state index < -0.39 is 5.60 Å². The fourth-order valence-electron chi connectivity index (χ4n) is 2.43. The minimum absolute atomic E-state index is 0.0669. The fourth-order valence-corrected chi connectivity index (χ4v) is 2.43. The molecule has 5 heteroatoms. The molecule has 1 aliphatic carbocycles. The molecule has 2 unspecified atom stereocenters. The second-order valence-corrected chi connectivity index (χ2v) is 6.88. The normalized spacial score (nSPS) is 20.1. The molecule has 3 N–H and O–H groups in total. The van der Waals surface area contributed by atoms with E-state index in [9.17, 15) is 14.7 Å². The number of amides is 2. The molecule has 5 nitrogen and oxygen atoms in total. The molecule has 1 fully saturated rings. The summed E-state index contributed by atoms with van der Waals surface area (Å²) in [5, 5.41) is 15.7. The Labute approximate surface area is 127 Å². The maximum atomic E-state index is 12.0. The summed E-state index contributed by atoms with van der Waals surface area (Å²) >= 11 is 0. The van der Waals surface area contributed by atoms with Crippen LogP contribution in [-0.2, 0) is 9.59 Å². The zero-order chi connectivity index (χ0) is 16.0. The van der Waals surface area contributed by atoms with Gasteiger partial charge in [0, 0.05) is 24.9 Å². The predicted octanol–water partition coefficient (Wildman–Crippen LogP) is 1.59. The van der Waals surface area contributed by atoms with Gasteiger partial charge in [-0.05, 0) is 32.6 Å². The Morgan fingerprint density at radius 1 is 1.24 bits per heavy atom. The molecule has 0 aromatic carbocycles. The lowest BCUT2D eigenvalue weighted by atomic mass is 9.92. The largest absolute Gasteiger partial charge is 0.388 e. The molecule has 2 atom stereocenters. The summed E-state index contributed by atoms with van der Waals surface area (Å²) < 4.78 is 0. The lowest BCUT2D eigenvalue weighted by Crippen LogP contribution is -2.46. The summed E-state index contributed by atoms with van der Waals surface area (Å²) in [5.41, 5.74) is -0.911. The molecule has 2 amide bonds. The first-order chi connectivity index (χ1) is 9.72. The van der Waals surface area contributed by atoms with Crippen molar-refractivity contribution in [1.29, 1.82) is 0 Å². The van der Waals surface area contributed by atoms with Gasteiger partial charge in [-0.15, -0.1) is 0 Å². The van der Waals surface area contributed by atoms with Crippen molar-refractivity contribution in [2.24, 2.45) is 11.8 Å². The molecular formula is C16H30N2O3. The van der Waals surface area contributed by atoms with Gasteiger partial charge in [0.25, 0.3) is 0 Å². The highest BCUT2D eigenvalue weighted by Gasteiger charge is 2.26. The van der Waals surface area contributed by atoms with Gasteiger partial charge in [-0.25, -0.2) is 0 Å². The van der Waals surface area contributed by atoms with Crippen LogP contribution in [0.1, 0.15) is 59.8 Å². The highest BCUT2D eigenvalue weighted by molar-refractivity contribution is 5.81. The maximum Gasteiger partial charge on any atom is 0.223 e. The van der Waals surface area contributed by atoms with Crippen molar-refractivity contribution in [2.75, 3.05) is 6.54 Å². The van der Waals surface area contributed by atoms with E-state index in [1.54, 1.807) is 6.92 Å².